The van der Waals surface area contributed by atoms with Crippen LogP contribution in [0, 0.1) is 0 Å². The molecule has 0 aliphatic rings. The molecule has 1 aromatic carbocycles. The monoisotopic (exact) mass is 278 g/mol. The van der Waals surface area contributed by atoms with Crippen LogP contribution in [0.3, 0.4) is 0 Å². The Morgan fingerprint density at radius 3 is 2.35 bits per heavy atom. The second-order valence-electron chi connectivity index (χ2n) is 4.38. The Hall–Kier alpha value is -2.04. The maximum atomic E-state index is 11.7. The molecule has 0 saturated carbocycles. The molecule has 0 saturated heterocycles. The largest absolute Gasteiger partial charge is 0.494 e. The zero-order valence-electron chi connectivity index (χ0n) is 12.1. The van der Waals surface area contributed by atoms with E-state index in [1.165, 1.54) is 0 Å². The number of rotatable bonds is 8. The van der Waals surface area contributed by atoms with Crippen molar-refractivity contribution in [2.24, 2.45) is 0 Å². The normalized spacial score (nSPS) is 9.90. The molecule has 1 aromatic rings. The highest BCUT2D eigenvalue weighted by molar-refractivity contribution is 5.85. The first-order chi connectivity index (χ1) is 9.65. The molecule has 0 bridgehead atoms. The van der Waals surface area contributed by atoms with E-state index in [0.717, 1.165) is 17.7 Å². The van der Waals surface area contributed by atoms with Crippen molar-refractivity contribution in [2.75, 3.05) is 19.7 Å². The summed E-state index contributed by atoms with van der Waals surface area (Å²) in [5.41, 5.74) is 0.889. The Balaban J connectivity index is 2.32. The van der Waals surface area contributed by atoms with Gasteiger partial charge in [-0.05, 0) is 31.0 Å². The fraction of sp³-hybridized carbons (Fsp3) is 0.467. The molecule has 110 valence electrons. The summed E-state index contributed by atoms with van der Waals surface area (Å²) >= 11 is 0. The van der Waals surface area contributed by atoms with Gasteiger partial charge in [-0.3, -0.25) is 9.59 Å². The lowest BCUT2D eigenvalue weighted by atomic mass is 10.1. The van der Waals surface area contributed by atoms with E-state index >= 15 is 0 Å². The smallest absolute Gasteiger partial charge is 0.239 e. The minimum atomic E-state index is -0.166. The highest BCUT2D eigenvalue weighted by Gasteiger charge is 2.06. The van der Waals surface area contributed by atoms with Crippen molar-refractivity contribution >= 4 is 11.8 Å². The third-order valence-electron chi connectivity index (χ3n) is 2.62. The fourth-order valence-electron chi connectivity index (χ4n) is 1.62. The Kier molecular flexibility index (Phi) is 7.17. The first-order valence-electron chi connectivity index (χ1n) is 6.90. The standard InChI is InChI=1S/C15H22N2O3/c1-3-9-16-15(19)11-17-14(18)10-12-5-7-13(8-6-12)20-4-2/h5-8H,3-4,9-11H2,1-2H3,(H,16,19)(H,17,18). The molecule has 0 aliphatic heterocycles. The van der Waals surface area contributed by atoms with Crippen LogP contribution in [0.15, 0.2) is 24.3 Å². The minimum Gasteiger partial charge on any atom is -0.494 e. The molecule has 5 heteroatoms. The number of amides is 2. The maximum Gasteiger partial charge on any atom is 0.239 e. The van der Waals surface area contributed by atoms with Gasteiger partial charge < -0.3 is 15.4 Å². The maximum absolute atomic E-state index is 11.7. The first-order valence-corrected chi connectivity index (χ1v) is 6.90. The number of hydrogen-bond acceptors (Lipinski definition) is 3. The molecular weight excluding hydrogens is 256 g/mol. The van der Waals surface area contributed by atoms with Gasteiger partial charge in [-0.25, -0.2) is 0 Å². The minimum absolute atomic E-state index is 0.0237. The van der Waals surface area contributed by atoms with Crippen molar-refractivity contribution in [3.63, 3.8) is 0 Å². The molecule has 2 amide bonds. The summed E-state index contributed by atoms with van der Waals surface area (Å²) in [6.07, 6.45) is 1.14. The van der Waals surface area contributed by atoms with Crippen LogP contribution in [0.5, 0.6) is 5.75 Å². The van der Waals surface area contributed by atoms with Gasteiger partial charge in [-0.15, -0.1) is 0 Å². The molecule has 1 rings (SSSR count). The van der Waals surface area contributed by atoms with Gasteiger partial charge in [0.25, 0.3) is 0 Å². The summed E-state index contributed by atoms with van der Waals surface area (Å²) in [7, 11) is 0. The van der Waals surface area contributed by atoms with Crippen LogP contribution in [0.4, 0.5) is 0 Å². The molecule has 0 spiro atoms. The van der Waals surface area contributed by atoms with E-state index in [2.05, 4.69) is 10.6 Å². The number of hydrogen-bond donors (Lipinski definition) is 2. The predicted octanol–water partition coefficient (Wildman–Crippen LogP) is 1.27. The van der Waals surface area contributed by atoms with Gasteiger partial charge in [-0.1, -0.05) is 19.1 Å². The number of ether oxygens (including phenoxy) is 1. The van der Waals surface area contributed by atoms with Crippen LogP contribution in [0.25, 0.3) is 0 Å². The zero-order valence-corrected chi connectivity index (χ0v) is 12.1. The summed E-state index contributed by atoms with van der Waals surface area (Å²) in [5.74, 6) is 0.461. The van der Waals surface area contributed by atoms with E-state index < -0.39 is 0 Å². The topological polar surface area (TPSA) is 67.4 Å². The lowest BCUT2D eigenvalue weighted by Crippen LogP contribution is -2.37. The lowest BCUT2D eigenvalue weighted by Gasteiger charge is -2.07. The van der Waals surface area contributed by atoms with Crippen LogP contribution in [-0.2, 0) is 16.0 Å². The van der Waals surface area contributed by atoms with E-state index in [4.69, 9.17) is 4.74 Å². The van der Waals surface area contributed by atoms with E-state index in [-0.39, 0.29) is 24.8 Å². The first kappa shape index (κ1) is 16.0. The molecule has 0 fully saturated rings. The highest BCUT2D eigenvalue weighted by Crippen LogP contribution is 2.12. The van der Waals surface area contributed by atoms with Gasteiger partial charge in [0.15, 0.2) is 0 Å². The summed E-state index contributed by atoms with van der Waals surface area (Å²) in [5, 5.41) is 5.30. The van der Waals surface area contributed by atoms with Crippen LogP contribution >= 0.6 is 0 Å². The van der Waals surface area contributed by atoms with Crippen molar-refractivity contribution in [1.29, 1.82) is 0 Å². The second kappa shape index (κ2) is 8.96. The molecule has 5 nitrogen and oxygen atoms in total. The molecule has 0 radical (unpaired) electrons. The molecule has 0 aromatic heterocycles. The third-order valence-corrected chi connectivity index (χ3v) is 2.62. The van der Waals surface area contributed by atoms with Crippen molar-refractivity contribution in [3.05, 3.63) is 29.8 Å². The Morgan fingerprint density at radius 1 is 1.05 bits per heavy atom. The SMILES string of the molecule is CCCNC(=O)CNC(=O)Cc1ccc(OCC)cc1. The van der Waals surface area contributed by atoms with Crippen LogP contribution in [-0.4, -0.2) is 31.5 Å². The number of benzene rings is 1. The molecule has 2 N–H and O–H groups in total. The van der Waals surface area contributed by atoms with Crippen LogP contribution < -0.4 is 15.4 Å². The quantitative estimate of drug-likeness (QED) is 0.752. The van der Waals surface area contributed by atoms with Gasteiger partial charge in [0.1, 0.15) is 5.75 Å². The Labute approximate surface area is 119 Å². The predicted molar refractivity (Wildman–Crippen MR) is 77.6 cm³/mol. The molecule has 20 heavy (non-hydrogen) atoms. The highest BCUT2D eigenvalue weighted by atomic mass is 16.5. The van der Waals surface area contributed by atoms with E-state index in [1.54, 1.807) is 0 Å². The average molecular weight is 278 g/mol. The summed E-state index contributed by atoms with van der Waals surface area (Å²) < 4.78 is 5.33. The fourth-order valence-corrected chi connectivity index (χ4v) is 1.62. The molecule has 0 heterocycles. The van der Waals surface area contributed by atoms with Crippen molar-refractivity contribution in [2.45, 2.75) is 26.7 Å². The van der Waals surface area contributed by atoms with Gasteiger partial charge >= 0.3 is 0 Å². The molecular formula is C15H22N2O3. The molecule has 0 atom stereocenters. The van der Waals surface area contributed by atoms with Gasteiger partial charge in [0.05, 0.1) is 19.6 Å². The Bertz CT molecular complexity index is 429. The molecule has 0 unspecified atom stereocenters. The van der Waals surface area contributed by atoms with Gasteiger partial charge in [0.2, 0.25) is 11.8 Å². The van der Waals surface area contributed by atoms with Crippen LogP contribution in [0.1, 0.15) is 25.8 Å². The van der Waals surface area contributed by atoms with Gasteiger partial charge in [0, 0.05) is 6.54 Å². The number of carbonyl (C=O) groups excluding carboxylic acids is 2. The number of nitrogens with one attached hydrogen (secondary N) is 2. The van der Waals surface area contributed by atoms with E-state index in [9.17, 15) is 9.59 Å². The van der Waals surface area contributed by atoms with E-state index in [0.29, 0.717) is 13.2 Å². The van der Waals surface area contributed by atoms with Crippen LogP contribution in [0.2, 0.25) is 0 Å². The average Bonchev–Trinajstić information content (AvgIpc) is 2.45. The summed E-state index contributed by atoms with van der Waals surface area (Å²) in [6.45, 7) is 5.17. The van der Waals surface area contributed by atoms with Crippen molar-refractivity contribution in [3.8, 4) is 5.75 Å². The van der Waals surface area contributed by atoms with Gasteiger partial charge in [-0.2, -0.15) is 0 Å². The second-order valence-corrected chi connectivity index (χ2v) is 4.38. The summed E-state index contributed by atoms with van der Waals surface area (Å²) in [4.78, 5) is 23.0. The zero-order chi connectivity index (χ0) is 14.8. The molecule has 0 aliphatic carbocycles. The Morgan fingerprint density at radius 2 is 1.75 bits per heavy atom. The van der Waals surface area contributed by atoms with Crippen molar-refractivity contribution in [1.82, 2.24) is 10.6 Å². The lowest BCUT2D eigenvalue weighted by molar-refractivity contribution is -0.125. The summed E-state index contributed by atoms with van der Waals surface area (Å²) in [6, 6.07) is 7.36. The third kappa shape index (κ3) is 6.22. The number of carbonyl (C=O) groups is 2. The van der Waals surface area contributed by atoms with Crippen molar-refractivity contribution < 1.29 is 14.3 Å². The van der Waals surface area contributed by atoms with E-state index in [1.807, 2.05) is 38.1 Å².